The van der Waals surface area contributed by atoms with Gasteiger partial charge in [0.25, 0.3) is 0 Å². The van der Waals surface area contributed by atoms with Crippen molar-refractivity contribution in [2.24, 2.45) is 0 Å². The molecule has 0 amide bonds. The predicted octanol–water partition coefficient (Wildman–Crippen LogP) is 2.82. The molecule has 1 N–H and O–H groups in total. The number of benzene rings is 1. The first kappa shape index (κ1) is 8.12. The molecule has 1 nitrogen and oxygen atoms in total. The molecule has 0 heterocycles. The Morgan fingerprint density at radius 1 is 1.36 bits per heavy atom. The molecule has 0 unspecified atom stereocenters. The Morgan fingerprint density at radius 2 is 2.18 bits per heavy atom. The van der Waals surface area contributed by atoms with Gasteiger partial charge in [-0.15, -0.1) is 0 Å². The first-order valence-electron chi connectivity index (χ1n) is 4.13. The molecule has 0 aliphatic rings. The van der Waals surface area contributed by atoms with E-state index in [2.05, 4.69) is 43.4 Å². The van der Waals surface area contributed by atoms with Crippen LogP contribution in [0.3, 0.4) is 0 Å². The maximum atomic E-state index is 3.34. The molecule has 60 valence electrons. The number of nitrogens with one attached hydrogen (secondary N) is 1. The number of hydrogen-bond donors (Lipinski definition) is 1. The van der Waals surface area contributed by atoms with E-state index in [9.17, 15) is 0 Å². The highest BCUT2D eigenvalue weighted by Crippen LogP contribution is 2.08. The van der Waals surface area contributed by atoms with Crippen LogP contribution in [0.25, 0.3) is 0 Å². The molecule has 0 fully saturated rings. The van der Waals surface area contributed by atoms with E-state index >= 15 is 0 Å². The van der Waals surface area contributed by atoms with Crippen LogP contribution in [0.5, 0.6) is 0 Å². The molecular weight excluding hydrogens is 134 g/mol. The van der Waals surface area contributed by atoms with Crippen molar-refractivity contribution in [2.75, 3.05) is 11.9 Å². The monoisotopic (exact) mass is 149 g/mol. The fraction of sp³-hybridized carbons (Fsp3) is 0.400. The molecule has 0 aromatic heterocycles. The summed E-state index contributed by atoms with van der Waals surface area (Å²) in [6.07, 6.45) is 1.17. The summed E-state index contributed by atoms with van der Waals surface area (Å²) in [6, 6.07) is 8.45. The lowest BCUT2D eigenvalue weighted by Crippen LogP contribution is -1.98. The van der Waals surface area contributed by atoms with E-state index in [1.54, 1.807) is 0 Å². The van der Waals surface area contributed by atoms with Crippen molar-refractivity contribution in [3.05, 3.63) is 29.8 Å². The predicted molar refractivity (Wildman–Crippen MR) is 50.0 cm³/mol. The minimum Gasteiger partial charge on any atom is -0.385 e. The summed E-state index contributed by atoms with van der Waals surface area (Å²) < 4.78 is 0. The van der Waals surface area contributed by atoms with E-state index in [0.29, 0.717) is 0 Å². The third kappa shape index (κ3) is 2.62. The van der Waals surface area contributed by atoms with Crippen molar-refractivity contribution >= 4 is 5.69 Å². The van der Waals surface area contributed by atoms with Gasteiger partial charge < -0.3 is 5.32 Å². The lowest BCUT2D eigenvalue weighted by atomic mass is 10.2. The Labute approximate surface area is 68.4 Å². The van der Waals surface area contributed by atoms with Crippen molar-refractivity contribution in [1.29, 1.82) is 0 Å². The number of hydrogen-bond acceptors (Lipinski definition) is 1. The highest BCUT2D eigenvalue weighted by atomic mass is 14.9. The number of anilines is 1. The fourth-order valence-electron chi connectivity index (χ4n) is 1.02. The molecule has 0 spiro atoms. The first-order chi connectivity index (χ1) is 5.33. The average molecular weight is 149 g/mol. The van der Waals surface area contributed by atoms with Crippen molar-refractivity contribution in [3.8, 4) is 0 Å². The lowest BCUT2D eigenvalue weighted by Gasteiger charge is -2.04. The van der Waals surface area contributed by atoms with Crippen LogP contribution in [-0.2, 0) is 0 Å². The van der Waals surface area contributed by atoms with Gasteiger partial charge >= 0.3 is 0 Å². The van der Waals surface area contributed by atoms with E-state index in [1.807, 2.05) is 0 Å². The van der Waals surface area contributed by atoms with E-state index < -0.39 is 0 Å². The third-order valence-corrected chi connectivity index (χ3v) is 1.60. The Morgan fingerprint density at radius 3 is 2.82 bits per heavy atom. The molecule has 0 atom stereocenters. The Kier molecular flexibility index (Phi) is 2.96. The summed E-state index contributed by atoms with van der Waals surface area (Å²) in [5.74, 6) is 0. The summed E-state index contributed by atoms with van der Waals surface area (Å²) in [7, 11) is 0. The smallest absolute Gasteiger partial charge is 0.0342 e. The zero-order valence-corrected chi connectivity index (χ0v) is 7.22. The molecule has 1 aromatic carbocycles. The second-order valence-corrected chi connectivity index (χ2v) is 2.80. The molecule has 11 heavy (non-hydrogen) atoms. The van der Waals surface area contributed by atoms with Gasteiger partial charge in [0.05, 0.1) is 0 Å². The van der Waals surface area contributed by atoms with Crippen molar-refractivity contribution < 1.29 is 0 Å². The second-order valence-electron chi connectivity index (χ2n) is 2.80. The standard InChI is InChI=1S/C10H15N/c1-3-7-11-10-6-4-5-9(2)8-10/h4-6,8,11H,3,7H2,1-2H3. The molecular formula is C10H15N. The maximum Gasteiger partial charge on any atom is 0.0342 e. The van der Waals surface area contributed by atoms with Gasteiger partial charge in [-0.3, -0.25) is 0 Å². The normalized spacial score (nSPS) is 9.64. The van der Waals surface area contributed by atoms with Gasteiger partial charge in [-0.05, 0) is 31.0 Å². The molecule has 1 heteroatoms. The van der Waals surface area contributed by atoms with Crippen LogP contribution < -0.4 is 5.32 Å². The van der Waals surface area contributed by atoms with Gasteiger partial charge in [-0.1, -0.05) is 19.1 Å². The molecule has 1 rings (SSSR count). The minimum atomic E-state index is 1.06. The van der Waals surface area contributed by atoms with E-state index in [-0.39, 0.29) is 0 Å². The summed E-state index contributed by atoms with van der Waals surface area (Å²) >= 11 is 0. The van der Waals surface area contributed by atoms with E-state index in [4.69, 9.17) is 0 Å². The van der Waals surface area contributed by atoms with Crippen molar-refractivity contribution in [1.82, 2.24) is 0 Å². The summed E-state index contributed by atoms with van der Waals surface area (Å²) in [6.45, 7) is 5.34. The zero-order chi connectivity index (χ0) is 8.10. The number of aryl methyl sites for hydroxylation is 1. The van der Waals surface area contributed by atoms with Crippen molar-refractivity contribution in [3.63, 3.8) is 0 Å². The van der Waals surface area contributed by atoms with Gasteiger partial charge in [-0.25, -0.2) is 0 Å². The Balaban J connectivity index is 2.56. The second kappa shape index (κ2) is 4.02. The molecule has 0 radical (unpaired) electrons. The molecule has 0 bridgehead atoms. The van der Waals surface area contributed by atoms with Gasteiger partial charge in [0.1, 0.15) is 0 Å². The fourth-order valence-corrected chi connectivity index (χ4v) is 1.02. The topological polar surface area (TPSA) is 12.0 Å². The Bertz CT molecular complexity index is 218. The van der Waals surface area contributed by atoms with E-state index in [0.717, 1.165) is 6.54 Å². The highest BCUT2D eigenvalue weighted by molar-refractivity contribution is 5.45. The van der Waals surface area contributed by atoms with E-state index in [1.165, 1.54) is 17.7 Å². The maximum absolute atomic E-state index is 3.34. The van der Waals surface area contributed by atoms with Gasteiger partial charge in [-0.2, -0.15) is 0 Å². The van der Waals surface area contributed by atoms with Gasteiger partial charge in [0.2, 0.25) is 0 Å². The van der Waals surface area contributed by atoms with Crippen LogP contribution in [0.1, 0.15) is 18.9 Å². The Hall–Kier alpha value is -0.980. The lowest BCUT2D eigenvalue weighted by molar-refractivity contribution is 0.979. The van der Waals surface area contributed by atoms with Crippen molar-refractivity contribution in [2.45, 2.75) is 20.3 Å². The third-order valence-electron chi connectivity index (χ3n) is 1.60. The highest BCUT2D eigenvalue weighted by Gasteiger charge is 1.88. The summed E-state index contributed by atoms with van der Waals surface area (Å²) in [4.78, 5) is 0. The van der Waals surface area contributed by atoms with Crippen LogP contribution in [0.4, 0.5) is 5.69 Å². The SMILES string of the molecule is CCCNc1cccc(C)c1. The zero-order valence-electron chi connectivity index (χ0n) is 7.22. The van der Waals surface area contributed by atoms with Gasteiger partial charge in [0, 0.05) is 12.2 Å². The van der Waals surface area contributed by atoms with Crippen LogP contribution in [0.15, 0.2) is 24.3 Å². The quantitative estimate of drug-likeness (QED) is 0.696. The molecule has 0 saturated heterocycles. The van der Waals surface area contributed by atoms with Crippen LogP contribution >= 0.6 is 0 Å². The summed E-state index contributed by atoms with van der Waals surface area (Å²) in [5.41, 5.74) is 2.54. The molecule has 0 saturated carbocycles. The molecule has 1 aromatic rings. The first-order valence-corrected chi connectivity index (χ1v) is 4.13. The molecule has 0 aliphatic carbocycles. The van der Waals surface area contributed by atoms with Crippen LogP contribution in [0, 0.1) is 6.92 Å². The van der Waals surface area contributed by atoms with Crippen LogP contribution in [-0.4, -0.2) is 6.54 Å². The molecule has 0 aliphatic heterocycles. The minimum absolute atomic E-state index is 1.06. The van der Waals surface area contributed by atoms with Gasteiger partial charge in [0.15, 0.2) is 0 Å². The largest absolute Gasteiger partial charge is 0.385 e. The summed E-state index contributed by atoms with van der Waals surface area (Å²) in [5, 5.41) is 3.34. The van der Waals surface area contributed by atoms with Crippen LogP contribution in [0.2, 0.25) is 0 Å². The average Bonchev–Trinajstić information content (AvgIpc) is 2.01. The number of rotatable bonds is 3.